The van der Waals surface area contributed by atoms with Crippen LogP contribution in [-0.2, 0) is 0 Å². The van der Waals surface area contributed by atoms with Gasteiger partial charge >= 0.3 is 0 Å². The average Bonchev–Trinajstić information content (AvgIpc) is 3.17. The fourth-order valence-corrected chi connectivity index (χ4v) is 4.55. The molecule has 1 amide bonds. The molecule has 21 heavy (non-hydrogen) atoms. The van der Waals surface area contributed by atoms with Gasteiger partial charge in [-0.05, 0) is 37.6 Å². The molecule has 0 unspecified atom stereocenters. The number of carbonyl (C=O) groups is 1. The number of aliphatic hydroxyl groups is 1. The van der Waals surface area contributed by atoms with Gasteiger partial charge in [0.1, 0.15) is 9.88 Å². The van der Waals surface area contributed by atoms with Crippen molar-refractivity contribution in [3.8, 4) is 10.6 Å². The highest BCUT2D eigenvalue weighted by Gasteiger charge is 2.33. The third-order valence-corrected chi connectivity index (χ3v) is 5.90. The van der Waals surface area contributed by atoms with Gasteiger partial charge in [-0.3, -0.25) is 4.79 Å². The van der Waals surface area contributed by atoms with Gasteiger partial charge in [0.25, 0.3) is 5.91 Å². The molecule has 6 heteroatoms. The van der Waals surface area contributed by atoms with E-state index in [1.165, 1.54) is 11.3 Å². The van der Waals surface area contributed by atoms with Crippen molar-refractivity contribution in [1.29, 1.82) is 0 Å². The van der Waals surface area contributed by atoms with Crippen molar-refractivity contribution in [2.75, 3.05) is 7.05 Å². The van der Waals surface area contributed by atoms with Gasteiger partial charge in [-0.15, -0.1) is 11.3 Å². The molecule has 1 fully saturated rings. The Balaban J connectivity index is 1.84. The van der Waals surface area contributed by atoms with E-state index in [1.54, 1.807) is 23.3 Å². The first kappa shape index (κ1) is 14.7. The zero-order chi connectivity index (χ0) is 15.0. The van der Waals surface area contributed by atoms with Gasteiger partial charge in [-0.1, -0.05) is 0 Å². The fourth-order valence-electron chi connectivity index (χ4n) is 2.79. The Bertz CT molecular complexity index is 636. The van der Waals surface area contributed by atoms with E-state index in [1.807, 2.05) is 23.8 Å². The van der Waals surface area contributed by atoms with E-state index in [2.05, 4.69) is 4.98 Å². The quantitative estimate of drug-likeness (QED) is 0.944. The molecule has 2 heterocycles. The van der Waals surface area contributed by atoms with Crippen molar-refractivity contribution < 1.29 is 9.90 Å². The predicted molar refractivity (Wildman–Crippen MR) is 85.9 cm³/mol. The molecule has 2 atom stereocenters. The van der Waals surface area contributed by atoms with Crippen LogP contribution < -0.4 is 0 Å². The molecule has 0 spiro atoms. The Morgan fingerprint density at radius 3 is 2.90 bits per heavy atom. The molecule has 1 aliphatic carbocycles. The van der Waals surface area contributed by atoms with Crippen LogP contribution in [0.2, 0.25) is 0 Å². The van der Waals surface area contributed by atoms with Crippen LogP contribution in [0.15, 0.2) is 16.8 Å². The number of aromatic nitrogens is 1. The van der Waals surface area contributed by atoms with Gasteiger partial charge in [-0.25, -0.2) is 4.98 Å². The number of rotatable bonds is 3. The molecule has 1 N–H and O–H groups in total. The van der Waals surface area contributed by atoms with E-state index < -0.39 is 6.10 Å². The number of hydrogen-bond acceptors (Lipinski definition) is 5. The van der Waals surface area contributed by atoms with Crippen molar-refractivity contribution in [3.05, 3.63) is 27.4 Å². The number of hydrogen-bond donors (Lipinski definition) is 1. The maximum Gasteiger partial charge on any atom is 0.265 e. The van der Waals surface area contributed by atoms with Crippen LogP contribution in [0.25, 0.3) is 10.6 Å². The van der Waals surface area contributed by atoms with Crippen molar-refractivity contribution in [2.45, 2.75) is 38.3 Å². The Morgan fingerprint density at radius 1 is 1.48 bits per heavy atom. The highest BCUT2D eigenvalue weighted by Crippen LogP contribution is 2.31. The van der Waals surface area contributed by atoms with Crippen LogP contribution in [0.1, 0.15) is 34.6 Å². The first-order valence-corrected chi connectivity index (χ1v) is 8.79. The van der Waals surface area contributed by atoms with Crippen LogP contribution in [0, 0.1) is 6.92 Å². The maximum absolute atomic E-state index is 12.7. The Kier molecular flexibility index (Phi) is 4.10. The summed E-state index contributed by atoms with van der Waals surface area (Å²) in [7, 11) is 1.78. The molecule has 4 nitrogen and oxygen atoms in total. The first-order chi connectivity index (χ1) is 10.1. The average molecular weight is 322 g/mol. The number of thiazole rings is 1. The summed E-state index contributed by atoms with van der Waals surface area (Å²) in [5.74, 6) is -0.0302. The number of aliphatic hydroxyl groups excluding tert-OH is 1. The molecule has 0 aliphatic heterocycles. The molecule has 0 radical (unpaired) electrons. The molecule has 112 valence electrons. The zero-order valence-electron chi connectivity index (χ0n) is 12.1. The van der Waals surface area contributed by atoms with Crippen LogP contribution in [0.5, 0.6) is 0 Å². The van der Waals surface area contributed by atoms with E-state index >= 15 is 0 Å². The second-order valence-corrected chi connectivity index (χ2v) is 7.21. The fraction of sp³-hybridized carbons (Fsp3) is 0.467. The summed E-state index contributed by atoms with van der Waals surface area (Å²) in [4.78, 5) is 19.6. The van der Waals surface area contributed by atoms with E-state index in [4.69, 9.17) is 0 Å². The van der Waals surface area contributed by atoms with Gasteiger partial charge in [0, 0.05) is 18.0 Å². The number of amides is 1. The Morgan fingerprint density at radius 2 is 2.29 bits per heavy atom. The lowest BCUT2D eigenvalue weighted by Crippen LogP contribution is -2.41. The highest BCUT2D eigenvalue weighted by atomic mass is 32.1. The van der Waals surface area contributed by atoms with E-state index in [-0.39, 0.29) is 11.9 Å². The minimum Gasteiger partial charge on any atom is -0.391 e. The third kappa shape index (κ3) is 2.75. The SMILES string of the molecule is Cc1nc(-c2ccsc2)sc1C(=O)N(C)[C@@H]1CCC[C@H]1O. The summed E-state index contributed by atoms with van der Waals surface area (Å²) < 4.78 is 0. The lowest BCUT2D eigenvalue weighted by Gasteiger charge is -2.26. The molecule has 0 aromatic carbocycles. The standard InChI is InChI=1S/C15H18N2O2S2/c1-9-13(21-14(16-9)10-6-7-20-8-10)15(19)17(2)11-4-3-5-12(11)18/h6-8,11-12,18H,3-5H2,1-2H3/t11-,12-/m1/s1. The largest absolute Gasteiger partial charge is 0.391 e. The molecule has 2 aromatic heterocycles. The third-order valence-electron chi connectivity index (χ3n) is 4.02. The van der Waals surface area contributed by atoms with Crippen molar-refractivity contribution in [3.63, 3.8) is 0 Å². The summed E-state index contributed by atoms with van der Waals surface area (Å²) in [6, 6.07) is 1.95. The minimum absolute atomic E-state index is 0.0302. The van der Waals surface area contributed by atoms with Crippen LogP contribution in [-0.4, -0.2) is 40.1 Å². The van der Waals surface area contributed by atoms with Crippen LogP contribution >= 0.6 is 22.7 Å². The number of aryl methyl sites for hydroxylation is 1. The highest BCUT2D eigenvalue weighted by molar-refractivity contribution is 7.17. The lowest BCUT2D eigenvalue weighted by molar-refractivity contribution is 0.0542. The number of nitrogens with zero attached hydrogens (tertiary/aromatic N) is 2. The molecule has 0 saturated heterocycles. The molecule has 0 bridgehead atoms. The minimum atomic E-state index is -0.400. The van der Waals surface area contributed by atoms with E-state index in [0.717, 1.165) is 35.5 Å². The Hall–Kier alpha value is -1.24. The normalized spacial score (nSPS) is 21.7. The molecule has 2 aromatic rings. The second-order valence-electron chi connectivity index (χ2n) is 5.43. The topological polar surface area (TPSA) is 53.4 Å². The number of carbonyl (C=O) groups excluding carboxylic acids is 1. The molecule has 1 saturated carbocycles. The van der Waals surface area contributed by atoms with E-state index in [0.29, 0.717) is 4.88 Å². The molecular formula is C15H18N2O2S2. The molecular weight excluding hydrogens is 304 g/mol. The zero-order valence-corrected chi connectivity index (χ0v) is 13.7. The number of thiophene rings is 1. The maximum atomic E-state index is 12.7. The molecule has 1 aliphatic rings. The van der Waals surface area contributed by atoms with Crippen LogP contribution in [0.4, 0.5) is 0 Å². The van der Waals surface area contributed by atoms with Crippen molar-refractivity contribution in [2.24, 2.45) is 0 Å². The first-order valence-electron chi connectivity index (χ1n) is 7.03. The lowest BCUT2D eigenvalue weighted by atomic mass is 10.2. The van der Waals surface area contributed by atoms with Gasteiger partial charge in [0.2, 0.25) is 0 Å². The smallest absolute Gasteiger partial charge is 0.265 e. The van der Waals surface area contributed by atoms with Gasteiger partial charge in [-0.2, -0.15) is 11.3 Å². The Labute approximate surface area is 132 Å². The summed E-state index contributed by atoms with van der Waals surface area (Å²) >= 11 is 3.06. The predicted octanol–water partition coefficient (Wildman–Crippen LogP) is 3.17. The summed E-state index contributed by atoms with van der Waals surface area (Å²) in [6.07, 6.45) is 2.23. The van der Waals surface area contributed by atoms with Gasteiger partial charge < -0.3 is 10.0 Å². The van der Waals surface area contributed by atoms with Gasteiger partial charge in [0.15, 0.2) is 0 Å². The number of likely N-dealkylation sites (N-methyl/N-ethyl adjacent to an activating group) is 1. The second kappa shape index (κ2) is 5.87. The summed E-state index contributed by atoms with van der Waals surface area (Å²) in [5, 5.41) is 14.9. The van der Waals surface area contributed by atoms with Gasteiger partial charge in [0.05, 0.1) is 17.8 Å². The molecule has 3 rings (SSSR count). The summed E-state index contributed by atoms with van der Waals surface area (Å²) in [6.45, 7) is 1.87. The van der Waals surface area contributed by atoms with E-state index in [9.17, 15) is 9.90 Å². The van der Waals surface area contributed by atoms with Crippen molar-refractivity contribution in [1.82, 2.24) is 9.88 Å². The van der Waals surface area contributed by atoms with Crippen molar-refractivity contribution >= 4 is 28.6 Å². The van der Waals surface area contributed by atoms with Crippen LogP contribution in [0.3, 0.4) is 0 Å². The monoisotopic (exact) mass is 322 g/mol. The summed E-state index contributed by atoms with van der Waals surface area (Å²) in [5.41, 5.74) is 1.83.